The van der Waals surface area contributed by atoms with Gasteiger partial charge in [0.25, 0.3) is 0 Å². The van der Waals surface area contributed by atoms with E-state index in [0.29, 0.717) is 12.8 Å². The Kier molecular flexibility index (Phi) is 4.23. The van der Waals surface area contributed by atoms with Crippen LogP contribution in [0.25, 0.3) is 10.9 Å². The Labute approximate surface area is 156 Å². The number of anilines is 1. The van der Waals surface area contributed by atoms with Crippen molar-refractivity contribution in [1.82, 2.24) is 20.3 Å². The molecule has 0 saturated carbocycles. The first kappa shape index (κ1) is 17.4. The number of amides is 1. The summed E-state index contributed by atoms with van der Waals surface area (Å²) in [5.74, 6) is -0.534. The van der Waals surface area contributed by atoms with Crippen LogP contribution in [0.4, 0.5) is 19.4 Å². The lowest BCUT2D eigenvalue weighted by Crippen LogP contribution is -2.58. The van der Waals surface area contributed by atoms with Crippen molar-refractivity contribution in [2.45, 2.75) is 43.6 Å². The molecule has 2 aliphatic rings. The average molecular weight is 404 g/mol. The van der Waals surface area contributed by atoms with Gasteiger partial charge in [0.15, 0.2) is 11.0 Å². The summed E-state index contributed by atoms with van der Waals surface area (Å²) in [4.78, 5) is 24.5. The molecule has 0 aliphatic carbocycles. The van der Waals surface area contributed by atoms with Crippen molar-refractivity contribution >= 4 is 46.0 Å². The average Bonchev–Trinajstić information content (AvgIpc) is 2.92. The molecule has 26 heavy (non-hydrogen) atoms. The number of aromatic nitrogens is 3. The van der Waals surface area contributed by atoms with Crippen molar-refractivity contribution in [1.29, 1.82) is 0 Å². The Hall–Kier alpha value is -2.00. The van der Waals surface area contributed by atoms with Crippen molar-refractivity contribution in [3.05, 3.63) is 22.5 Å². The minimum atomic E-state index is -1.43. The minimum Gasteiger partial charge on any atom is -0.465 e. The Morgan fingerprint density at radius 3 is 2.85 bits per heavy atom. The lowest BCUT2D eigenvalue weighted by atomic mass is 9.95. The molecule has 11 heteroatoms. The number of nitrogens with one attached hydrogen (secondary N) is 1. The SMILES string of the molecule is O=C(O)N[C@H]1CC2CC[C@@H]([C@@H]1F)N2c1nc(Cl)nc2c(F)c(Cl)ncc12. The number of hydrogen-bond donors (Lipinski definition) is 2. The van der Waals surface area contributed by atoms with Crippen LogP contribution < -0.4 is 10.2 Å². The quantitative estimate of drug-likeness (QED) is 0.590. The van der Waals surface area contributed by atoms with E-state index in [1.807, 2.05) is 0 Å². The van der Waals surface area contributed by atoms with E-state index in [0.717, 1.165) is 0 Å². The molecule has 138 valence electrons. The van der Waals surface area contributed by atoms with Gasteiger partial charge in [0.2, 0.25) is 5.28 Å². The molecule has 1 amide bonds. The topological polar surface area (TPSA) is 91.2 Å². The number of pyridine rings is 1. The van der Waals surface area contributed by atoms with E-state index < -0.39 is 30.2 Å². The molecule has 4 heterocycles. The minimum absolute atomic E-state index is 0.0828. The number of carbonyl (C=O) groups is 1. The monoisotopic (exact) mass is 403 g/mol. The second-order valence-electron chi connectivity index (χ2n) is 6.38. The van der Waals surface area contributed by atoms with Gasteiger partial charge in [0, 0.05) is 12.2 Å². The smallest absolute Gasteiger partial charge is 0.404 e. The van der Waals surface area contributed by atoms with Gasteiger partial charge < -0.3 is 15.3 Å². The van der Waals surface area contributed by atoms with Gasteiger partial charge in [-0.05, 0) is 30.9 Å². The van der Waals surface area contributed by atoms with Crippen molar-refractivity contribution in [3.63, 3.8) is 0 Å². The zero-order valence-corrected chi connectivity index (χ0v) is 14.7. The van der Waals surface area contributed by atoms with Crippen molar-refractivity contribution in [2.75, 3.05) is 4.90 Å². The highest BCUT2D eigenvalue weighted by Gasteiger charge is 2.49. The molecule has 0 radical (unpaired) electrons. The number of hydrogen-bond acceptors (Lipinski definition) is 5. The van der Waals surface area contributed by atoms with Gasteiger partial charge >= 0.3 is 6.09 Å². The van der Waals surface area contributed by atoms with Crippen LogP contribution in [0.2, 0.25) is 10.4 Å². The molecule has 2 aliphatic heterocycles. The van der Waals surface area contributed by atoms with Gasteiger partial charge in [0.05, 0.1) is 17.5 Å². The Balaban J connectivity index is 1.79. The van der Waals surface area contributed by atoms with Crippen LogP contribution in [0.3, 0.4) is 0 Å². The van der Waals surface area contributed by atoms with E-state index in [-0.39, 0.29) is 39.6 Å². The Morgan fingerprint density at radius 2 is 2.12 bits per heavy atom. The highest BCUT2D eigenvalue weighted by Crippen LogP contribution is 2.42. The third kappa shape index (κ3) is 2.69. The van der Waals surface area contributed by atoms with Crippen LogP contribution in [-0.2, 0) is 0 Å². The van der Waals surface area contributed by atoms with Crippen LogP contribution in [0, 0.1) is 5.82 Å². The van der Waals surface area contributed by atoms with Gasteiger partial charge in [-0.3, -0.25) is 0 Å². The normalized spacial score (nSPS) is 27.8. The molecule has 2 aromatic heterocycles. The molecule has 7 nitrogen and oxygen atoms in total. The van der Waals surface area contributed by atoms with Gasteiger partial charge in [-0.25, -0.2) is 23.5 Å². The molecular weight excluding hydrogens is 391 g/mol. The Morgan fingerprint density at radius 1 is 1.35 bits per heavy atom. The van der Waals surface area contributed by atoms with Gasteiger partial charge in [-0.15, -0.1) is 0 Å². The number of halogens is 4. The highest BCUT2D eigenvalue weighted by atomic mass is 35.5. The van der Waals surface area contributed by atoms with Crippen molar-refractivity contribution in [2.24, 2.45) is 0 Å². The number of rotatable bonds is 2. The van der Waals surface area contributed by atoms with Crippen LogP contribution in [0.15, 0.2) is 6.20 Å². The molecule has 2 N–H and O–H groups in total. The number of nitrogens with zero attached hydrogens (tertiary/aromatic N) is 4. The second-order valence-corrected chi connectivity index (χ2v) is 7.08. The first-order chi connectivity index (χ1) is 12.4. The maximum Gasteiger partial charge on any atom is 0.404 e. The van der Waals surface area contributed by atoms with Crippen molar-refractivity contribution in [3.8, 4) is 0 Å². The predicted octanol–water partition coefficient (Wildman–Crippen LogP) is 3.19. The van der Waals surface area contributed by atoms with E-state index in [2.05, 4.69) is 20.3 Å². The third-order valence-corrected chi connectivity index (χ3v) is 5.40. The fraction of sp³-hybridized carbons (Fsp3) is 0.467. The molecular formula is C15H13Cl2F2N5O2. The van der Waals surface area contributed by atoms with Gasteiger partial charge in [-0.2, -0.15) is 4.98 Å². The first-order valence-corrected chi connectivity index (χ1v) is 8.71. The molecule has 2 bridgehead atoms. The van der Waals surface area contributed by atoms with E-state index in [4.69, 9.17) is 28.3 Å². The predicted molar refractivity (Wildman–Crippen MR) is 91.1 cm³/mol. The summed E-state index contributed by atoms with van der Waals surface area (Å²) in [6, 6.07) is -1.55. The summed E-state index contributed by atoms with van der Waals surface area (Å²) < 4.78 is 29.2. The summed E-state index contributed by atoms with van der Waals surface area (Å²) in [5, 5.41) is 10.9. The van der Waals surface area contributed by atoms with E-state index in [9.17, 15) is 13.6 Å². The second kappa shape index (κ2) is 6.31. The van der Waals surface area contributed by atoms with Crippen molar-refractivity contribution < 1.29 is 18.7 Å². The molecule has 2 saturated heterocycles. The fourth-order valence-electron chi connectivity index (χ4n) is 3.96. The lowest BCUT2D eigenvalue weighted by molar-refractivity contribution is 0.152. The van der Waals surface area contributed by atoms with Gasteiger partial charge in [0.1, 0.15) is 17.5 Å². The van der Waals surface area contributed by atoms with Crippen LogP contribution in [0.5, 0.6) is 0 Å². The Bertz CT molecular complexity index is 902. The maximum absolute atomic E-state index is 14.9. The fourth-order valence-corrected chi connectivity index (χ4v) is 4.27. The summed E-state index contributed by atoms with van der Waals surface area (Å²) >= 11 is 11.7. The summed E-state index contributed by atoms with van der Waals surface area (Å²) in [6.07, 6.45) is 0.101. The molecule has 2 fully saturated rings. The molecule has 0 aromatic carbocycles. The van der Waals surface area contributed by atoms with Crippen LogP contribution >= 0.6 is 23.2 Å². The number of alkyl halides is 1. The zero-order valence-electron chi connectivity index (χ0n) is 13.2. The third-order valence-electron chi connectivity index (χ3n) is 4.97. The van der Waals surface area contributed by atoms with E-state index >= 15 is 0 Å². The molecule has 2 aromatic rings. The van der Waals surface area contributed by atoms with Crippen LogP contribution in [0.1, 0.15) is 19.3 Å². The zero-order chi connectivity index (χ0) is 18.6. The molecule has 1 unspecified atom stereocenters. The molecule has 4 atom stereocenters. The van der Waals surface area contributed by atoms with Crippen LogP contribution in [-0.4, -0.2) is 50.4 Å². The van der Waals surface area contributed by atoms with E-state index in [1.165, 1.54) is 6.20 Å². The number of fused-ring (bicyclic) bond motifs is 3. The van der Waals surface area contributed by atoms with E-state index in [1.54, 1.807) is 4.90 Å². The summed E-state index contributed by atoms with van der Waals surface area (Å²) in [6.45, 7) is 0. The number of piperidine rings is 1. The lowest BCUT2D eigenvalue weighted by Gasteiger charge is -2.42. The standard InChI is InChI=1S/C15H13Cl2F2N5O2/c16-12-10(19)11-6(4-20-12)13(23-14(17)22-11)24-5-1-2-8(24)9(18)7(3-5)21-15(25)26/h4-5,7-9,21H,1-3H2,(H,25,26)/t5?,7-,8-,9+/m0/s1. The largest absolute Gasteiger partial charge is 0.465 e. The molecule has 0 spiro atoms. The molecule has 4 rings (SSSR count). The number of carboxylic acid groups (broad SMARTS) is 1. The first-order valence-electron chi connectivity index (χ1n) is 7.96. The maximum atomic E-state index is 14.9. The summed E-state index contributed by atoms with van der Waals surface area (Å²) in [5.41, 5.74) is -0.0828. The van der Waals surface area contributed by atoms with Gasteiger partial charge in [-0.1, -0.05) is 11.6 Å². The summed E-state index contributed by atoms with van der Waals surface area (Å²) in [7, 11) is 0. The highest BCUT2D eigenvalue weighted by molar-refractivity contribution is 6.30.